The zero-order valence-electron chi connectivity index (χ0n) is 16.5. The van der Waals surface area contributed by atoms with Crippen LogP contribution >= 0.6 is 0 Å². The van der Waals surface area contributed by atoms with Crippen LogP contribution < -0.4 is 5.56 Å². The van der Waals surface area contributed by atoms with E-state index in [4.69, 9.17) is 4.42 Å². The number of sulfonamides is 1. The number of aromatic amines is 1. The van der Waals surface area contributed by atoms with E-state index >= 15 is 0 Å². The van der Waals surface area contributed by atoms with Gasteiger partial charge < -0.3 is 14.3 Å². The van der Waals surface area contributed by atoms with Crippen molar-refractivity contribution in [2.75, 3.05) is 20.1 Å². The number of carbonyl (C=O) groups excluding carboxylic acids is 1. The number of H-pyrrole nitrogens is 1. The van der Waals surface area contributed by atoms with Crippen molar-refractivity contribution in [2.24, 2.45) is 0 Å². The Labute approximate surface area is 168 Å². The van der Waals surface area contributed by atoms with E-state index in [2.05, 4.69) is 4.98 Å². The molecular formula is C20H23N3O5S. The molecular weight excluding hydrogens is 394 g/mol. The van der Waals surface area contributed by atoms with Gasteiger partial charge in [-0.2, -0.15) is 4.31 Å². The second-order valence-corrected chi connectivity index (χ2v) is 8.52. The Morgan fingerprint density at radius 1 is 1.14 bits per heavy atom. The summed E-state index contributed by atoms with van der Waals surface area (Å²) in [6.07, 6.45) is 1.51. The highest BCUT2D eigenvalue weighted by atomic mass is 32.2. The molecule has 8 nitrogen and oxygen atoms in total. The maximum Gasteiger partial charge on any atom is 0.254 e. The van der Waals surface area contributed by atoms with Crippen LogP contribution in [0.3, 0.4) is 0 Å². The zero-order valence-corrected chi connectivity index (χ0v) is 17.3. The van der Waals surface area contributed by atoms with Gasteiger partial charge in [0, 0.05) is 37.1 Å². The van der Waals surface area contributed by atoms with Crippen LogP contribution in [-0.2, 0) is 16.6 Å². The molecule has 0 radical (unpaired) electrons. The molecule has 0 atom stereocenters. The first-order chi connectivity index (χ1) is 13.8. The summed E-state index contributed by atoms with van der Waals surface area (Å²) in [6, 6.07) is 9.04. The molecule has 0 spiro atoms. The zero-order chi connectivity index (χ0) is 21.2. The third-order valence-corrected chi connectivity index (χ3v) is 6.75. The normalized spacial score (nSPS) is 11.9. The fourth-order valence-corrected chi connectivity index (χ4v) is 4.68. The Balaban J connectivity index is 2.09. The van der Waals surface area contributed by atoms with E-state index in [1.165, 1.54) is 39.7 Å². The highest BCUT2D eigenvalue weighted by molar-refractivity contribution is 7.89. The summed E-state index contributed by atoms with van der Waals surface area (Å²) in [7, 11) is -2.11. The monoisotopic (exact) mass is 417 g/mol. The highest BCUT2D eigenvalue weighted by Gasteiger charge is 2.24. The Morgan fingerprint density at radius 2 is 1.86 bits per heavy atom. The fraction of sp³-hybridized carbons (Fsp3) is 0.300. The highest BCUT2D eigenvalue weighted by Crippen LogP contribution is 2.24. The summed E-state index contributed by atoms with van der Waals surface area (Å²) in [4.78, 5) is 29.2. The van der Waals surface area contributed by atoms with Gasteiger partial charge in [0.15, 0.2) is 0 Å². The molecule has 3 aromatic rings. The van der Waals surface area contributed by atoms with Crippen molar-refractivity contribution in [3.8, 4) is 0 Å². The minimum absolute atomic E-state index is 0.0727. The first-order valence-electron chi connectivity index (χ1n) is 9.23. The molecule has 0 unspecified atom stereocenters. The van der Waals surface area contributed by atoms with Crippen LogP contribution in [0.5, 0.6) is 0 Å². The number of pyridine rings is 1. The van der Waals surface area contributed by atoms with Crippen LogP contribution in [0, 0.1) is 0 Å². The van der Waals surface area contributed by atoms with Crippen molar-refractivity contribution < 1.29 is 17.6 Å². The van der Waals surface area contributed by atoms with Gasteiger partial charge in [0.2, 0.25) is 15.6 Å². The van der Waals surface area contributed by atoms with Crippen molar-refractivity contribution in [2.45, 2.75) is 25.3 Å². The van der Waals surface area contributed by atoms with Crippen molar-refractivity contribution in [1.82, 2.24) is 14.2 Å². The first kappa shape index (κ1) is 20.8. The standard InChI is InChI=1S/C20H23N3O5S/c1-4-23(5-2)29(26,27)15-8-9-18-16(11-15)17(12-19(24)21-18)20(25)22(3)13-14-7-6-10-28-14/h6-12H,4-5,13H2,1-3H3,(H,21,24). The summed E-state index contributed by atoms with van der Waals surface area (Å²) >= 11 is 0. The molecule has 1 amide bonds. The van der Waals surface area contributed by atoms with Gasteiger partial charge in [0.05, 0.1) is 23.3 Å². The van der Waals surface area contributed by atoms with Crippen molar-refractivity contribution in [1.29, 1.82) is 0 Å². The summed E-state index contributed by atoms with van der Waals surface area (Å²) in [5.74, 6) is 0.190. The quantitative estimate of drug-likeness (QED) is 0.636. The number of nitrogens with zero attached hydrogens (tertiary/aromatic N) is 2. The molecule has 2 heterocycles. The van der Waals surface area contributed by atoms with E-state index < -0.39 is 21.5 Å². The number of carbonyl (C=O) groups is 1. The number of hydrogen-bond acceptors (Lipinski definition) is 5. The van der Waals surface area contributed by atoms with Crippen LogP contribution in [0.25, 0.3) is 10.9 Å². The largest absolute Gasteiger partial charge is 0.467 e. The lowest BCUT2D eigenvalue weighted by molar-refractivity contribution is 0.0777. The van der Waals surface area contributed by atoms with Crippen LogP contribution in [0.15, 0.2) is 56.8 Å². The molecule has 0 saturated heterocycles. The van der Waals surface area contributed by atoms with Gasteiger partial charge in [-0.05, 0) is 30.3 Å². The predicted octanol–water partition coefficient (Wildman–Crippen LogP) is 2.42. The van der Waals surface area contributed by atoms with Crippen LogP contribution in [0.4, 0.5) is 0 Å². The minimum Gasteiger partial charge on any atom is -0.467 e. The van der Waals surface area contributed by atoms with Gasteiger partial charge in [0.1, 0.15) is 5.76 Å². The molecule has 0 fully saturated rings. The number of rotatable bonds is 7. The molecule has 0 bridgehead atoms. The van der Waals surface area contributed by atoms with E-state index in [1.54, 1.807) is 33.0 Å². The average molecular weight is 417 g/mol. The first-order valence-corrected chi connectivity index (χ1v) is 10.7. The Hall–Kier alpha value is -2.91. The molecule has 3 rings (SSSR count). The lowest BCUT2D eigenvalue weighted by Gasteiger charge is -2.20. The molecule has 154 valence electrons. The fourth-order valence-electron chi connectivity index (χ4n) is 3.20. The van der Waals surface area contributed by atoms with Crippen LogP contribution in [-0.4, -0.2) is 48.7 Å². The van der Waals surface area contributed by atoms with Gasteiger partial charge in [-0.25, -0.2) is 8.42 Å². The van der Waals surface area contributed by atoms with E-state index in [0.29, 0.717) is 29.8 Å². The Kier molecular flexibility index (Phi) is 5.90. The van der Waals surface area contributed by atoms with E-state index in [0.717, 1.165) is 0 Å². The molecule has 1 N–H and O–H groups in total. The third-order valence-electron chi connectivity index (χ3n) is 4.71. The second-order valence-electron chi connectivity index (χ2n) is 6.58. The lowest BCUT2D eigenvalue weighted by Crippen LogP contribution is -2.30. The maximum absolute atomic E-state index is 13.0. The van der Waals surface area contributed by atoms with Crippen LogP contribution in [0.2, 0.25) is 0 Å². The number of hydrogen-bond donors (Lipinski definition) is 1. The summed E-state index contributed by atoms with van der Waals surface area (Å²) in [5.41, 5.74) is 0.0896. The topological polar surface area (TPSA) is 104 Å². The Bertz CT molecular complexity index is 1180. The van der Waals surface area contributed by atoms with Crippen LogP contribution in [0.1, 0.15) is 30.0 Å². The minimum atomic E-state index is -3.71. The van der Waals surface area contributed by atoms with E-state index in [9.17, 15) is 18.0 Å². The predicted molar refractivity (Wildman–Crippen MR) is 109 cm³/mol. The smallest absolute Gasteiger partial charge is 0.254 e. The van der Waals surface area contributed by atoms with Crippen molar-refractivity contribution in [3.63, 3.8) is 0 Å². The second kappa shape index (κ2) is 8.22. The molecule has 0 aliphatic carbocycles. The molecule has 0 saturated carbocycles. The third kappa shape index (κ3) is 4.10. The molecule has 2 aromatic heterocycles. The number of aromatic nitrogens is 1. The molecule has 29 heavy (non-hydrogen) atoms. The van der Waals surface area contributed by atoms with E-state index in [1.807, 2.05) is 0 Å². The number of amides is 1. The maximum atomic E-state index is 13.0. The SMILES string of the molecule is CCN(CC)S(=O)(=O)c1ccc2[nH]c(=O)cc(C(=O)N(C)Cc3ccco3)c2c1. The van der Waals surface area contributed by atoms with Gasteiger partial charge in [-0.1, -0.05) is 13.8 Å². The van der Waals surface area contributed by atoms with E-state index in [-0.39, 0.29) is 17.0 Å². The van der Waals surface area contributed by atoms with Gasteiger partial charge in [-0.3, -0.25) is 9.59 Å². The summed E-state index contributed by atoms with van der Waals surface area (Å²) < 4.78 is 32.4. The van der Waals surface area contributed by atoms with Gasteiger partial charge in [0.25, 0.3) is 5.91 Å². The van der Waals surface area contributed by atoms with Crippen molar-refractivity contribution >= 4 is 26.8 Å². The molecule has 9 heteroatoms. The number of fused-ring (bicyclic) bond motifs is 1. The van der Waals surface area contributed by atoms with Crippen molar-refractivity contribution in [3.05, 3.63) is 64.3 Å². The summed E-state index contributed by atoms with van der Waals surface area (Å²) in [5, 5.41) is 0.370. The van der Waals surface area contributed by atoms with Gasteiger partial charge >= 0.3 is 0 Å². The average Bonchev–Trinajstić information content (AvgIpc) is 3.20. The number of benzene rings is 1. The molecule has 0 aliphatic rings. The number of nitrogens with one attached hydrogen (secondary N) is 1. The van der Waals surface area contributed by atoms with Gasteiger partial charge in [-0.15, -0.1) is 0 Å². The Morgan fingerprint density at radius 3 is 2.48 bits per heavy atom. The molecule has 1 aromatic carbocycles. The lowest BCUT2D eigenvalue weighted by atomic mass is 10.1. The number of furan rings is 1. The summed E-state index contributed by atoms with van der Waals surface area (Å²) in [6.45, 7) is 4.41. The molecule has 0 aliphatic heterocycles.